The van der Waals surface area contributed by atoms with Gasteiger partial charge >= 0.3 is 0 Å². The second kappa shape index (κ2) is 5.92. The topological polar surface area (TPSA) is 0 Å². The van der Waals surface area contributed by atoms with Crippen LogP contribution in [0.15, 0.2) is 6.07 Å². The zero-order valence-electron chi connectivity index (χ0n) is 15.2. The standard InChI is InChI=1S/C20H34/c1-10-14-13-15(11-2)18(20(7,8)9)16(12-3)17(14)19(4,5)6/h13H,10-12H2,1-9H3. The van der Waals surface area contributed by atoms with E-state index in [1.165, 1.54) is 0 Å². The van der Waals surface area contributed by atoms with Gasteiger partial charge in [0.1, 0.15) is 0 Å². The van der Waals surface area contributed by atoms with Crippen molar-refractivity contribution in [3.8, 4) is 0 Å². The molecule has 0 amide bonds. The van der Waals surface area contributed by atoms with Crippen LogP contribution in [0, 0.1) is 0 Å². The van der Waals surface area contributed by atoms with Crippen LogP contribution in [-0.2, 0) is 30.1 Å². The van der Waals surface area contributed by atoms with Crippen LogP contribution in [0.4, 0.5) is 0 Å². The van der Waals surface area contributed by atoms with E-state index in [-0.39, 0.29) is 10.8 Å². The van der Waals surface area contributed by atoms with Gasteiger partial charge in [0.2, 0.25) is 0 Å². The fourth-order valence-electron chi connectivity index (χ4n) is 3.65. The van der Waals surface area contributed by atoms with E-state index in [4.69, 9.17) is 0 Å². The summed E-state index contributed by atoms with van der Waals surface area (Å²) >= 11 is 0. The molecule has 0 aromatic heterocycles. The molecule has 0 nitrogen and oxygen atoms in total. The molecule has 0 saturated heterocycles. The van der Waals surface area contributed by atoms with E-state index < -0.39 is 0 Å². The molecular weight excluding hydrogens is 240 g/mol. The Morgan fingerprint density at radius 2 is 1.00 bits per heavy atom. The molecule has 20 heavy (non-hydrogen) atoms. The smallest absolute Gasteiger partial charge is 0.0126 e. The van der Waals surface area contributed by atoms with Crippen molar-refractivity contribution < 1.29 is 0 Å². The van der Waals surface area contributed by atoms with Gasteiger partial charge in [-0.2, -0.15) is 0 Å². The van der Waals surface area contributed by atoms with E-state index in [0.29, 0.717) is 0 Å². The molecule has 0 fully saturated rings. The van der Waals surface area contributed by atoms with Crippen molar-refractivity contribution >= 4 is 0 Å². The van der Waals surface area contributed by atoms with Crippen LogP contribution in [0.3, 0.4) is 0 Å². The third-order valence-electron chi connectivity index (χ3n) is 4.21. The highest BCUT2D eigenvalue weighted by Crippen LogP contribution is 2.39. The maximum absolute atomic E-state index is 2.49. The van der Waals surface area contributed by atoms with Gasteiger partial charge in [-0.25, -0.2) is 0 Å². The van der Waals surface area contributed by atoms with E-state index in [2.05, 4.69) is 68.4 Å². The van der Waals surface area contributed by atoms with Crippen molar-refractivity contribution in [1.29, 1.82) is 0 Å². The van der Waals surface area contributed by atoms with Gasteiger partial charge in [-0.05, 0) is 57.9 Å². The van der Waals surface area contributed by atoms with Crippen molar-refractivity contribution in [3.05, 3.63) is 33.9 Å². The SMILES string of the molecule is CCc1cc(CC)c(C(C)(C)C)c(CC)c1C(C)(C)C. The Balaban J connectivity index is 3.85. The Hall–Kier alpha value is -0.780. The molecule has 0 aliphatic rings. The normalized spacial score (nSPS) is 12.8. The molecule has 0 radical (unpaired) electrons. The zero-order valence-corrected chi connectivity index (χ0v) is 15.2. The summed E-state index contributed by atoms with van der Waals surface area (Å²) in [6.07, 6.45) is 3.41. The molecule has 0 spiro atoms. The largest absolute Gasteiger partial charge is 0.0613 e. The lowest BCUT2D eigenvalue weighted by Gasteiger charge is -2.34. The van der Waals surface area contributed by atoms with Gasteiger partial charge in [-0.1, -0.05) is 68.4 Å². The predicted octanol–water partition coefficient (Wildman–Crippen LogP) is 5.97. The van der Waals surface area contributed by atoms with E-state index >= 15 is 0 Å². The van der Waals surface area contributed by atoms with Gasteiger partial charge in [-0.15, -0.1) is 0 Å². The van der Waals surface area contributed by atoms with Gasteiger partial charge < -0.3 is 0 Å². The van der Waals surface area contributed by atoms with E-state index in [9.17, 15) is 0 Å². The molecule has 0 unspecified atom stereocenters. The van der Waals surface area contributed by atoms with Crippen molar-refractivity contribution in [2.75, 3.05) is 0 Å². The highest BCUT2D eigenvalue weighted by Gasteiger charge is 2.28. The highest BCUT2D eigenvalue weighted by molar-refractivity contribution is 5.52. The van der Waals surface area contributed by atoms with Crippen LogP contribution >= 0.6 is 0 Å². The molecule has 1 aromatic rings. The first-order valence-corrected chi connectivity index (χ1v) is 8.26. The first kappa shape index (κ1) is 17.3. The minimum Gasteiger partial charge on any atom is -0.0613 e. The third kappa shape index (κ3) is 3.27. The Labute approximate surface area is 127 Å². The van der Waals surface area contributed by atoms with Gasteiger partial charge in [0.15, 0.2) is 0 Å². The van der Waals surface area contributed by atoms with Crippen molar-refractivity contribution in [1.82, 2.24) is 0 Å². The van der Waals surface area contributed by atoms with Gasteiger partial charge in [0.25, 0.3) is 0 Å². The van der Waals surface area contributed by atoms with Crippen molar-refractivity contribution in [2.24, 2.45) is 0 Å². The average Bonchev–Trinajstić information content (AvgIpc) is 2.33. The van der Waals surface area contributed by atoms with Gasteiger partial charge in [-0.3, -0.25) is 0 Å². The van der Waals surface area contributed by atoms with E-state index in [1.54, 1.807) is 27.8 Å². The van der Waals surface area contributed by atoms with Gasteiger partial charge in [0.05, 0.1) is 0 Å². The summed E-state index contributed by atoms with van der Waals surface area (Å²) in [5, 5.41) is 0. The predicted molar refractivity (Wildman–Crippen MR) is 92.0 cm³/mol. The second-order valence-electron chi connectivity index (χ2n) is 7.98. The van der Waals surface area contributed by atoms with E-state index in [0.717, 1.165) is 19.3 Å². The number of hydrogen-bond acceptors (Lipinski definition) is 0. The monoisotopic (exact) mass is 274 g/mol. The Morgan fingerprint density at radius 3 is 1.20 bits per heavy atom. The van der Waals surface area contributed by atoms with Crippen molar-refractivity contribution in [3.63, 3.8) is 0 Å². The highest BCUT2D eigenvalue weighted by atomic mass is 14.3. The molecule has 0 aliphatic heterocycles. The number of hydrogen-bond donors (Lipinski definition) is 0. The number of rotatable bonds is 3. The molecular formula is C20H34. The summed E-state index contributed by atoms with van der Waals surface area (Å²) < 4.78 is 0. The first-order chi connectivity index (χ1) is 9.07. The molecule has 0 atom stereocenters. The minimum absolute atomic E-state index is 0.225. The summed E-state index contributed by atoms with van der Waals surface area (Å²) in [5.74, 6) is 0. The van der Waals surface area contributed by atoms with Crippen LogP contribution < -0.4 is 0 Å². The summed E-state index contributed by atoms with van der Waals surface area (Å²) in [7, 11) is 0. The summed E-state index contributed by atoms with van der Waals surface area (Å²) in [6, 6.07) is 2.49. The minimum atomic E-state index is 0.225. The van der Waals surface area contributed by atoms with Crippen LogP contribution in [0.2, 0.25) is 0 Å². The molecule has 0 heteroatoms. The molecule has 0 N–H and O–H groups in total. The number of benzene rings is 1. The van der Waals surface area contributed by atoms with Crippen LogP contribution in [0.25, 0.3) is 0 Å². The Bertz CT molecular complexity index is 424. The maximum atomic E-state index is 2.49. The molecule has 114 valence electrons. The molecule has 0 saturated carbocycles. The zero-order chi connectivity index (χ0) is 15.7. The van der Waals surface area contributed by atoms with Gasteiger partial charge in [0, 0.05) is 0 Å². The molecule has 0 heterocycles. The Morgan fingerprint density at radius 1 is 0.650 bits per heavy atom. The lowest BCUT2D eigenvalue weighted by molar-refractivity contribution is 0.547. The summed E-state index contributed by atoms with van der Waals surface area (Å²) in [5.41, 5.74) is 8.38. The summed E-state index contributed by atoms with van der Waals surface area (Å²) in [4.78, 5) is 0. The molecule has 1 aromatic carbocycles. The maximum Gasteiger partial charge on any atom is -0.0126 e. The fraction of sp³-hybridized carbons (Fsp3) is 0.700. The molecule has 0 aliphatic carbocycles. The van der Waals surface area contributed by atoms with Crippen LogP contribution in [0.5, 0.6) is 0 Å². The summed E-state index contributed by atoms with van der Waals surface area (Å²) in [6.45, 7) is 21.1. The van der Waals surface area contributed by atoms with Crippen LogP contribution in [-0.4, -0.2) is 0 Å². The quantitative estimate of drug-likeness (QED) is 0.637. The first-order valence-electron chi connectivity index (χ1n) is 8.26. The average molecular weight is 274 g/mol. The second-order valence-corrected chi connectivity index (χ2v) is 7.98. The fourth-order valence-corrected chi connectivity index (χ4v) is 3.65. The van der Waals surface area contributed by atoms with Crippen LogP contribution in [0.1, 0.15) is 90.1 Å². The molecule has 0 bridgehead atoms. The van der Waals surface area contributed by atoms with Crippen molar-refractivity contribution in [2.45, 2.75) is 92.4 Å². The lowest BCUT2D eigenvalue weighted by Crippen LogP contribution is -2.24. The molecule has 1 rings (SSSR count). The Kier molecular flexibility index (Phi) is 5.11. The number of aryl methyl sites for hydroxylation is 2. The van der Waals surface area contributed by atoms with E-state index in [1.807, 2.05) is 0 Å². The third-order valence-corrected chi connectivity index (χ3v) is 4.21. The lowest BCUT2D eigenvalue weighted by atomic mass is 9.71.